The molecule has 0 radical (unpaired) electrons. The number of carboxylic acids is 1. The third kappa shape index (κ3) is 2.44. The first-order chi connectivity index (χ1) is 10.1. The van der Waals surface area contributed by atoms with E-state index in [0.29, 0.717) is 35.7 Å². The van der Waals surface area contributed by atoms with Crippen LogP contribution >= 0.6 is 0 Å². The molecule has 1 aliphatic rings. The van der Waals surface area contributed by atoms with Gasteiger partial charge in [0.25, 0.3) is 0 Å². The van der Waals surface area contributed by atoms with Gasteiger partial charge in [-0.05, 0) is 6.92 Å². The molecule has 1 fully saturated rings. The second kappa shape index (κ2) is 5.33. The molecule has 0 bridgehead atoms. The molecule has 0 aromatic carbocycles. The molecule has 0 spiro atoms. The van der Waals surface area contributed by atoms with Crippen molar-refractivity contribution in [1.82, 2.24) is 14.8 Å². The van der Waals surface area contributed by atoms with Crippen molar-refractivity contribution in [2.75, 3.05) is 13.2 Å². The molecule has 3 rings (SSSR count). The van der Waals surface area contributed by atoms with Gasteiger partial charge in [0.05, 0.1) is 24.3 Å². The highest BCUT2D eigenvalue weighted by Crippen LogP contribution is 2.32. The number of nitrogens with zero attached hydrogens (tertiary/aromatic N) is 3. The van der Waals surface area contributed by atoms with E-state index in [1.165, 1.54) is 6.20 Å². The van der Waals surface area contributed by atoms with Gasteiger partial charge in [0, 0.05) is 26.1 Å². The minimum absolute atomic E-state index is 0.0398. The lowest BCUT2D eigenvalue weighted by Gasteiger charge is -2.24. The number of aromatic nitrogens is 3. The predicted molar refractivity (Wildman–Crippen MR) is 74.7 cm³/mol. The van der Waals surface area contributed by atoms with Crippen LogP contribution in [0.2, 0.25) is 0 Å². The van der Waals surface area contributed by atoms with E-state index < -0.39 is 5.97 Å². The SMILES string of the molecule is Cc1nn(C)c2ncc(C(=O)O)c(OC3CCOCC3)c12. The topological polar surface area (TPSA) is 86.5 Å². The van der Waals surface area contributed by atoms with E-state index in [4.69, 9.17) is 9.47 Å². The lowest BCUT2D eigenvalue weighted by Crippen LogP contribution is -2.26. The van der Waals surface area contributed by atoms with Crippen LogP contribution in [-0.4, -0.2) is 45.2 Å². The maximum atomic E-state index is 11.5. The molecule has 0 saturated carbocycles. The minimum atomic E-state index is -1.05. The Kier molecular flexibility index (Phi) is 3.50. The van der Waals surface area contributed by atoms with Crippen molar-refractivity contribution >= 4 is 17.0 Å². The Morgan fingerprint density at radius 1 is 1.48 bits per heavy atom. The van der Waals surface area contributed by atoms with Gasteiger partial charge in [-0.3, -0.25) is 4.68 Å². The smallest absolute Gasteiger partial charge is 0.341 e. The van der Waals surface area contributed by atoms with Gasteiger partial charge in [0.2, 0.25) is 0 Å². The zero-order valence-corrected chi connectivity index (χ0v) is 12.0. The van der Waals surface area contributed by atoms with Crippen molar-refractivity contribution in [3.8, 4) is 5.75 Å². The van der Waals surface area contributed by atoms with E-state index in [0.717, 1.165) is 12.8 Å². The maximum Gasteiger partial charge on any atom is 0.341 e. The number of hydrogen-bond acceptors (Lipinski definition) is 5. The molecule has 2 aromatic rings. The van der Waals surface area contributed by atoms with E-state index in [2.05, 4.69) is 10.1 Å². The Morgan fingerprint density at radius 3 is 2.86 bits per heavy atom. The first-order valence-electron chi connectivity index (χ1n) is 6.88. The number of ether oxygens (including phenoxy) is 2. The summed E-state index contributed by atoms with van der Waals surface area (Å²) in [5, 5.41) is 14.4. The van der Waals surface area contributed by atoms with Gasteiger partial charge < -0.3 is 14.6 Å². The van der Waals surface area contributed by atoms with Crippen LogP contribution in [0.15, 0.2) is 6.20 Å². The van der Waals surface area contributed by atoms with Crippen molar-refractivity contribution in [2.24, 2.45) is 7.05 Å². The molecular weight excluding hydrogens is 274 g/mol. The molecule has 21 heavy (non-hydrogen) atoms. The quantitative estimate of drug-likeness (QED) is 0.923. The van der Waals surface area contributed by atoms with Crippen molar-refractivity contribution in [3.63, 3.8) is 0 Å². The third-order valence-electron chi connectivity index (χ3n) is 3.66. The Morgan fingerprint density at radius 2 is 2.19 bits per heavy atom. The normalized spacial score (nSPS) is 16.3. The lowest BCUT2D eigenvalue weighted by atomic mass is 10.1. The molecule has 0 amide bonds. The fraction of sp³-hybridized carbons (Fsp3) is 0.500. The summed E-state index contributed by atoms with van der Waals surface area (Å²) in [7, 11) is 1.78. The van der Waals surface area contributed by atoms with E-state index in [1.54, 1.807) is 11.7 Å². The molecular formula is C14H17N3O4. The van der Waals surface area contributed by atoms with Gasteiger partial charge in [-0.15, -0.1) is 0 Å². The number of rotatable bonds is 3. The highest BCUT2D eigenvalue weighted by atomic mass is 16.5. The summed E-state index contributed by atoms with van der Waals surface area (Å²) in [5.41, 5.74) is 1.41. The summed E-state index contributed by atoms with van der Waals surface area (Å²) >= 11 is 0. The third-order valence-corrected chi connectivity index (χ3v) is 3.66. The van der Waals surface area contributed by atoms with Gasteiger partial charge in [-0.25, -0.2) is 9.78 Å². The van der Waals surface area contributed by atoms with Gasteiger partial charge in [-0.1, -0.05) is 0 Å². The summed E-state index contributed by atoms with van der Waals surface area (Å²) in [6.07, 6.45) is 2.80. The van der Waals surface area contributed by atoms with Crippen molar-refractivity contribution < 1.29 is 19.4 Å². The minimum Gasteiger partial charge on any atom is -0.488 e. The van der Waals surface area contributed by atoms with Crippen LogP contribution in [0.3, 0.4) is 0 Å². The first kappa shape index (κ1) is 13.8. The summed E-state index contributed by atoms with van der Waals surface area (Å²) in [6, 6.07) is 0. The number of pyridine rings is 1. The fourth-order valence-electron chi connectivity index (χ4n) is 2.61. The Bertz CT molecular complexity index is 689. The largest absolute Gasteiger partial charge is 0.488 e. The van der Waals surface area contributed by atoms with Crippen LogP contribution in [0.1, 0.15) is 28.9 Å². The standard InChI is InChI=1S/C14H17N3O4/c1-8-11-12(21-9-3-5-20-6-4-9)10(14(18)19)7-15-13(11)17(2)16-8/h7,9H,3-6H2,1-2H3,(H,18,19). The van der Waals surface area contributed by atoms with E-state index in [-0.39, 0.29) is 11.7 Å². The van der Waals surface area contributed by atoms with E-state index in [9.17, 15) is 9.90 Å². The zero-order valence-electron chi connectivity index (χ0n) is 12.0. The highest BCUT2D eigenvalue weighted by Gasteiger charge is 2.24. The van der Waals surface area contributed by atoms with E-state index in [1.807, 2.05) is 6.92 Å². The molecule has 0 atom stereocenters. The number of carboxylic acid groups (broad SMARTS) is 1. The maximum absolute atomic E-state index is 11.5. The fourth-order valence-corrected chi connectivity index (χ4v) is 2.61. The Hall–Kier alpha value is -2.15. The zero-order chi connectivity index (χ0) is 15.0. The summed E-state index contributed by atoms with van der Waals surface area (Å²) in [4.78, 5) is 15.6. The second-order valence-corrected chi connectivity index (χ2v) is 5.14. The number of aromatic carboxylic acids is 1. The number of hydrogen-bond donors (Lipinski definition) is 1. The Labute approximate surface area is 121 Å². The molecule has 7 nitrogen and oxygen atoms in total. The summed E-state index contributed by atoms with van der Waals surface area (Å²) < 4.78 is 12.9. The molecule has 1 saturated heterocycles. The van der Waals surface area contributed by atoms with E-state index >= 15 is 0 Å². The molecule has 3 heterocycles. The van der Waals surface area contributed by atoms with Gasteiger partial charge >= 0.3 is 5.97 Å². The van der Waals surface area contributed by atoms with Crippen LogP contribution in [0.25, 0.3) is 11.0 Å². The van der Waals surface area contributed by atoms with Crippen LogP contribution in [0.5, 0.6) is 5.75 Å². The molecule has 7 heteroatoms. The molecule has 0 unspecified atom stereocenters. The number of carbonyl (C=O) groups is 1. The molecule has 112 valence electrons. The number of fused-ring (bicyclic) bond motifs is 1. The van der Waals surface area contributed by atoms with Crippen LogP contribution in [0, 0.1) is 6.92 Å². The predicted octanol–water partition coefficient (Wildman–Crippen LogP) is 1.53. The average Bonchev–Trinajstić information content (AvgIpc) is 2.75. The van der Waals surface area contributed by atoms with Crippen molar-refractivity contribution in [2.45, 2.75) is 25.9 Å². The van der Waals surface area contributed by atoms with Gasteiger partial charge in [-0.2, -0.15) is 5.10 Å². The van der Waals surface area contributed by atoms with Crippen molar-refractivity contribution in [1.29, 1.82) is 0 Å². The summed E-state index contributed by atoms with van der Waals surface area (Å²) in [6.45, 7) is 3.09. The van der Waals surface area contributed by atoms with Crippen LogP contribution < -0.4 is 4.74 Å². The van der Waals surface area contributed by atoms with Gasteiger partial charge in [0.15, 0.2) is 5.65 Å². The highest BCUT2D eigenvalue weighted by molar-refractivity contribution is 5.98. The number of aryl methyl sites for hydroxylation is 2. The summed E-state index contributed by atoms with van der Waals surface area (Å²) in [5.74, 6) is -0.681. The van der Waals surface area contributed by atoms with Crippen molar-refractivity contribution in [3.05, 3.63) is 17.5 Å². The molecule has 2 aromatic heterocycles. The average molecular weight is 291 g/mol. The lowest BCUT2D eigenvalue weighted by molar-refractivity contribution is 0.0254. The molecule has 1 aliphatic heterocycles. The Balaban J connectivity index is 2.11. The van der Waals surface area contributed by atoms with Gasteiger partial charge in [0.1, 0.15) is 17.4 Å². The van der Waals surface area contributed by atoms with Crippen LogP contribution in [0.4, 0.5) is 0 Å². The molecule has 0 aliphatic carbocycles. The van der Waals surface area contributed by atoms with Crippen LogP contribution in [-0.2, 0) is 11.8 Å². The molecule has 1 N–H and O–H groups in total. The monoisotopic (exact) mass is 291 g/mol. The first-order valence-corrected chi connectivity index (χ1v) is 6.88. The second-order valence-electron chi connectivity index (χ2n) is 5.14.